The summed E-state index contributed by atoms with van der Waals surface area (Å²) in [4.78, 5) is 25.8. The summed E-state index contributed by atoms with van der Waals surface area (Å²) in [5.74, 6) is -0.312. The van der Waals surface area contributed by atoms with Crippen molar-refractivity contribution in [2.24, 2.45) is 0 Å². The van der Waals surface area contributed by atoms with Gasteiger partial charge in [-0.2, -0.15) is 5.10 Å². The van der Waals surface area contributed by atoms with Crippen LogP contribution in [-0.4, -0.2) is 28.2 Å². The summed E-state index contributed by atoms with van der Waals surface area (Å²) in [7, 11) is 0. The molecule has 7 heteroatoms. The number of hydrogen-bond donors (Lipinski definition) is 1. The van der Waals surface area contributed by atoms with Gasteiger partial charge in [0.1, 0.15) is 0 Å². The number of aromatic nitrogens is 2. The number of carbonyl (C=O) groups is 1. The number of rotatable bonds is 7. The first kappa shape index (κ1) is 22.2. The molecule has 3 aromatic rings. The SMILES string of the molecule is CC(=O)c1c(-c2ccc(Cl)cc2)c(-c2ccc(Cl)cc2)nn(CCNC(C)C)c1=O. The van der Waals surface area contributed by atoms with Crippen LogP contribution in [0, 0.1) is 0 Å². The Kier molecular flexibility index (Phi) is 7.08. The van der Waals surface area contributed by atoms with Gasteiger partial charge in [0.25, 0.3) is 5.56 Å². The average Bonchev–Trinajstić information content (AvgIpc) is 2.69. The standard InChI is InChI=1S/C23H23Cl2N3O2/c1-14(2)26-12-13-28-23(30)20(15(3)29)21(16-4-8-18(24)9-5-16)22(27-28)17-6-10-19(25)11-7-17/h4-11,14,26H,12-13H2,1-3H3. The Morgan fingerprint density at radius 1 is 1.00 bits per heavy atom. The van der Waals surface area contributed by atoms with Crippen LogP contribution in [-0.2, 0) is 6.54 Å². The smallest absolute Gasteiger partial charge is 0.278 e. The minimum Gasteiger partial charge on any atom is -0.313 e. The summed E-state index contributed by atoms with van der Waals surface area (Å²) in [6, 6.07) is 14.5. The van der Waals surface area contributed by atoms with Crippen LogP contribution >= 0.6 is 23.2 Å². The lowest BCUT2D eigenvalue weighted by Crippen LogP contribution is -2.35. The maximum atomic E-state index is 13.2. The molecule has 0 bridgehead atoms. The molecule has 1 aromatic heterocycles. The molecule has 0 radical (unpaired) electrons. The van der Waals surface area contributed by atoms with Gasteiger partial charge < -0.3 is 5.32 Å². The first-order valence-corrected chi connectivity index (χ1v) is 10.4. The van der Waals surface area contributed by atoms with E-state index in [1.54, 1.807) is 36.4 Å². The minimum atomic E-state index is -0.407. The van der Waals surface area contributed by atoms with Gasteiger partial charge in [-0.3, -0.25) is 9.59 Å². The van der Waals surface area contributed by atoms with Gasteiger partial charge in [0.15, 0.2) is 5.78 Å². The summed E-state index contributed by atoms with van der Waals surface area (Å²) in [6.07, 6.45) is 0. The van der Waals surface area contributed by atoms with Crippen molar-refractivity contribution in [3.8, 4) is 22.4 Å². The van der Waals surface area contributed by atoms with Crippen LogP contribution in [0.25, 0.3) is 22.4 Å². The fourth-order valence-corrected chi connectivity index (χ4v) is 3.47. The van der Waals surface area contributed by atoms with Gasteiger partial charge in [-0.1, -0.05) is 61.3 Å². The van der Waals surface area contributed by atoms with Crippen molar-refractivity contribution in [2.45, 2.75) is 33.4 Å². The highest BCUT2D eigenvalue weighted by Gasteiger charge is 2.23. The maximum absolute atomic E-state index is 13.2. The van der Waals surface area contributed by atoms with Crippen molar-refractivity contribution in [1.82, 2.24) is 15.1 Å². The normalized spacial score (nSPS) is 11.1. The van der Waals surface area contributed by atoms with Gasteiger partial charge >= 0.3 is 0 Å². The second-order valence-corrected chi connectivity index (χ2v) is 8.18. The van der Waals surface area contributed by atoms with Gasteiger partial charge in [0, 0.05) is 33.8 Å². The average molecular weight is 444 g/mol. The van der Waals surface area contributed by atoms with E-state index in [9.17, 15) is 9.59 Å². The van der Waals surface area contributed by atoms with Crippen LogP contribution in [0.1, 0.15) is 31.1 Å². The molecule has 0 unspecified atom stereocenters. The molecule has 1 N–H and O–H groups in total. The molecule has 0 saturated carbocycles. The summed E-state index contributed by atoms with van der Waals surface area (Å²) < 4.78 is 1.36. The quantitative estimate of drug-likeness (QED) is 0.516. The first-order valence-electron chi connectivity index (χ1n) is 9.69. The molecule has 1 heterocycles. The molecule has 0 saturated heterocycles. The zero-order valence-corrected chi connectivity index (χ0v) is 18.6. The predicted molar refractivity (Wildman–Crippen MR) is 123 cm³/mol. The van der Waals surface area contributed by atoms with E-state index in [2.05, 4.69) is 10.4 Å². The maximum Gasteiger partial charge on any atom is 0.278 e. The Morgan fingerprint density at radius 2 is 1.53 bits per heavy atom. The monoisotopic (exact) mass is 443 g/mol. The van der Waals surface area contributed by atoms with Crippen LogP contribution in [0.15, 0.2) is 53.3 Å². The lowest BCUT2D eigenvalue weighted by atomic mass is 9.94. The van der Waals surface area contributed by atoms with Gasteiger partial charge in [-0.25, -0.2) is 4.68 Å². The molecule has 0 atom stereocenters. The van der Waals surface area contributed by atoms with E-state index < -0.39 is 5.56 Å². The lowest BCUT2D eigenvalue weighted by Gasteiger charge is -2.17. The fourth-order valence-electron chi connectivity index (χ4n) is 3.22. The van der Waals surface area contributed by atoms with Gasteiger partial charge in [-0.15, -0.1) is 0 Å². The van der Waals surface area contributed by atoms with Crippen molar-refractivity contribution in [3.05, 3.63) is 74.5 Å². The number of benzene rings is 2. The van der Waals surface area contributed by atoms with Gasteiger partial charge in [0.05, 0.1) is 17.8 Å². The van der Waals surface area contributed by atoms with E-state index in [0.29, 0.717) is 40.0 Å². The predicted octanol–water partition coefficient (Wildman–Crippen LogP) is 5.08. The van der Waals surface area contributed by atoms with Crippen molar-refractivity contribution in [3.63, 3.8) is 0 Å². The number of hydrogen-bond acceptors (Lipinski definition) is 4. The molecular formula is C23H23Cl2N3O2. The highest BCUT2D eigenvalue weighted by Crippen LogP contribution is 2.33. The van der Waals surface area contributed by atoms with Crippen LogP contribution in [0.5, 0.6) is 0 Å². The molecule has 0 aliphatic rings. The molecule has 0 amide bonds. The summed E-state index contributed by atoms with van der Waals surface area (Å²) in [5.41, 5.74) is 2.21. The molecule has 2 aromatic carbocycles. The Labute approximate surface area is 185 Å². The molecule has 0 aliphatic heterocycles. The van der Waals surface area contributed by atoms with Crippen molar-refractivity contribution < 1.29 is 4.79 Å². The number of Topliss-reactive ketones (excluding diaryl/α,β-unsaturated/α-hetero) is 1. The molecule has 0 aliphatic carbocycles. The highest BCUT2D eigenvalue weighted by atomic mass is 35.5. The number of ketones is 1. The zero-order valence-electron chi connectivity index (χ0n) is 17.1. The Hall–Kier alpha value is -2.47. The van der Waals surface area contributed by atoms with Crippen molar-refractivity contribution >= 4 is 29.0 Å². The Morgan fingerprint density at radius 3 is 2.03 bits per heavy atom. The molecule has 30 heavy (non-hydrogen) atoms. The zero-order chi connectivity index (χ0) is 21.8. The van der Waals surface area contributed by atoms with Gasteiger partial charge in [-0.05, 0) is 36.8 Å². The van der Waals surface area contributed by atoms with Gasteiger partial charge in [0.2, 0.25) is 0 Å². The molecule has 156 valence electrons. The second kappa shape index (κ2) is 9.56. The van der Waals surface area contributed by atoms with Crippen LogP contribution in [0.2, 0.25) is 10.0 Å². The van der Waals surface area contributed by atoms with Crippen LogP contribution < -0.4 is 10.9 Å². The number of nitrogens with one attached hydrogen (secondary N) is 1. The molecule has 5 nitrogen and oxygen atoms in total. The topological polar surface area (TPSA) is 64.0 Å². The summed E-state index contributed by atoms with van der Waals surface area (Å²) >= 11 is 12.1. The first-order chi connectivity index (χ1) is 14.3. The number of halogens is 2. The molecule has 0 fully saturated rings. The van der Waals surface area contributed by atoms with Crippen molar-refractivity contribution in [2.75, 3.05) is 6.54 Å². The lowest BCUT2D eigenvalue weighted by molar-refractivity contribution is 0.101. The molecule has 3 rings (SSSR count). The summed E-state index contributed by atoms with van der Waals surface area (Å²) in [5, 5.41) is 9.08. The highest BCUT2D eigenvalue weighted by molar-refractivity contribution is 6.31. The fraction of sp³-hybridized carbons (Fsp3) is 0.261. The third-order valence-corrected chi connectivity index (χ3v) is 5.14. The number of nitrogens with zero attached hydrogens (tertiary/aromatic N) is 2. The van der Waals surface area contributed by atoms with Crippen molar-refractivity contribution in [1.29, 1.82) is 0 Å². The Balaban J connectivity index is 2.28. The van der Waals surface area contributed by atoms with E-state index in [0.717, 1.165) is 5.56 Å². The van der Waals surface area contributed by atoms with E-state index in [1.165, 1.54) is 11.6 Å². The van der Waals surface area contributed by atoms with E-state index in [4.69, 9.17) is 23.2 Å². The Bertz CT molecular complexity index is 1110. The van der Waals surface area contributed by atoms with E-state index >= 15 is 0 Å². The molecular weight excluding hydrogens is 421 g/mol. The van der Waals surface area contributed by atoms with Crippen LogP contribution in [0.3, 0.4) is 0 Å². The second-order valence-electron chi connectivity index (χ2n) is 7.31. The largest absolute Gasteiger partial charge is 0.313 e. The number of carbonyl (C=O) groups excluding carboxylic acids is 1. The van der Waals surface area contributed by atoms with E-state index in [-0.39, 0.29) is 17.4 Å². The van der Waals surface area contributed by atoms with E-state index in [1.807, 2.05) is 26.0 Å². The third kappa shape index (κ3) is 4.98. The third-order valence-electron chi connectivity index (χ3n) is 4.63. The molecule has 0 spiro atoms. The summed E-state index contributed by atoms with van der Waals surface area (Å²) in [6.45, 7) is 6.36. The minimum absolute atomic E-state index is 0.113. The van der Waals surface area contributed by atoms with Crippen LogP contribution in [0.4, 0.5) is 0 Å².